The monoisotopic (exact) mass is 305 g/mol. The van der Waals surface area contributed by atoms with Crippen molar-refractivity contribution in [1.29, 1.82) is 0 Å². The predicted octanol–water partition coefficient (Wildman–Crippen LogP) is -1.33. The molecule has 0 spiro atoms. The van der Waals surface area contributed by atoms with Gasteiger partial charge >= 0.3 is 15.2 Å². The van der Waals surface area contributed by atoms with Crippen LogP contribution in [0.4, 0.5) is 0 Å². The van der Waals surface area contributed by atoms with Crippen LogP contribution in [0.1, 0.15) is 19.3 Å². The van der Waals surface area contributed by atoms with Crippen LogP contribution >= 0.6 is 15.2 Å². The zero-order valence-electron chi connectivity index (χ0n) is 9.84. The smallest absolute Gasteiger partial charge is 0.328 e. The van der Waals surface area contributed by atoms with Crippen molar-refractivity contribution in [2.24, 2.45) is 11.5 Å². The molecule has 0 aliphatic carbocycles. The molecule has 0 saturated heterocycles. The lowest BCUT2D eigenvalue weighted by atomic mass is 10.2. The molecule has 0 aliphatic rings. The Kier molecular flexibility index (Phi) is 7.77. The number of hydrogen-bond donors (Lipinski definition) is 7. The molecule has 0 heterocycles. The summed E-state index contributed by atoms with van der Waals surface area (Å²) >= 11 is 0. The number of unbranched alkanes of at least 4 members (excludes halogenated alkanes) is 1. The molecule has 9 N–H and O–H groups in total. The third-order valence-electron chi connectivity index (χ3n) is 2.24. The highest BCUT2D eigenvalue weighted by Gasteiger charge is 2.29. The Labute approximate surface area is 105 Å². The van der Waals surface area contributed by atoms with Crippen molar-refractivity contribution >= 4 is 15.2 Å². The summed E-state index contributed by atoms with van der Waals surface area (Å²) in [6, 6.07) is 0. The van der Waals surface area contributed by atoms with Gasteiger partial charge in [-0.25, -0.2) is 0 Å². The first-order chi connectivity index (χ1) is 8.06. The van der Waals surface area contributed by atoms with E-state index >= 15 is 0 Å². The Balaban J connectivity index is 4.19. The molecule has 0 radical (unpaired) electrons. The van der Waals surface area contributed by atoms with Gasteiger partial charge in [0.2, 0.25) is 0 Å². The van der Waals surface area contributed by atoms with E-state index in [1.165, 1.54) is 0 Å². The molecular weight excluding hydrogens is 284 g/mol. The van der Waals surface area contributed by atoms with E-state index in [9.17, 15) is 9.13 Å². The van der Waals surface area contributed by atoms with Crippen LogP contribution in [0, 0.1) is 0 Å². The molecule has 0 aromatic rings. The van der Waals surface area contributed by atoms with Crippen molar-refractivity contribution in [3.05, 3.63) is 0 Å². The van der Waals surface area contributed by atoms with Gasteiger partial charge in [-0.15, -0.1) is 0 Å². The fraction of sp³-hybridized carbons (Fsp3) is 1.00. The van der Waals surface area contributed by atoms with Gasteiger partial charge in [-0.3, -0.25) is 14.4 Å². The van der Waals surface area contributed by atoms with Gasteiger partial charge in [-0.05, 0) is 12.8 Å². The minimum Gasteiger partial charge on any atom is -0.328 e. The summed E-state index contributed by atoms with van der Waals surface area (Å²) in [4.78, 5) is 35.4. The summed E-state index contributed by atoms with van der Waals surface area (Å²) in [6.07, 6.45) is -0.516. The molecule has 0 aliphatic heterocycles. The van der Waals surface area contributed by atoms with E-state index in [0.717, 1.165) is 0 Å². The minimum atomic E-state index is -4.36. The van der Waals surface area contributed by atoms with Gasteiger partial charge in [-0.2, -0.15) is 0 Å². The van der Waals surface area contributed by atoms with Crippen LogP contribution in [-0.4, -0.2) is 44.2 Å². The summed E-state index contributed by atoms with van der Waals surface area (Å²) in [5, 5.41) is 2.50. The maximum Gasteiger partial charge on any atom is 0.342 e. The van der Waals surface area contributed by atoms with Crippen molar-refractivity contribution in [2.75, 3.05) is 12.7 Å². The van der Waals surface area contributed by atoms with Gasteiger partial charge in [0.25, 0.3) is 0 Å². The molecule has 9 nitrogen and oxygen atoms in total. The van der Waals surface area contributed by atoms with Crippen LogP contribution < -0.4 is 16.8 Å². The van der Waals surface area contributed by atoms with E-state index < -0.39 is 27.1 Å². The summed E-state index contributed by atoms with van der Waals surface area (Å²) in [5.74, 6) is -1.15. The van der Waals surface area contributed by atoms with Crippen LogP contribution in [0.15, 0.2) is 0 Å². The highest BCUT2D eigenvalue weighted by Crippen LogP contribution is 2.42. The summed E-state index contributed by atoms with van der Waals surface area (Å²) in [6.45, 7) is 0.0268. The van der Waals surface area contributed by atoms with Gasteiger partial charge < -0.3 is 31.0 Å². The van der Waals surface area contributed by atoms with E-state index in [1.807, 2.05) is 0 Å². The topological polar surface area (TPSA) is 179 Å². The zero-order valence-corrected chi connectivity index (χ0v) is 11.6. The normalized spacial score (nSPS) is 16.6. The van der Waals surface area contributed by atoms with Crippen molar-refractivity contribution in [3.63, 3.8) is 0 Å². The summed E-state index contributed by atoms with van der Waals surface area (Å²) in [7, 11) is -8.42. The van der Waals surface area contributed by atoms with Gasteiger partial charge in [0.15, 0.2) is 0 Å². The second kappa shape index (κ2) is 7.69. The third-order valence-corrected chi connectivity index (χ3v) is 4.36. The fourth-order valence-electron chi connectivity index (χ4n) is 1.32. The van der Waals surface area contributed by atoms with E-state index in [1.54, 1.807) is 0 Å². The number of nitrogens with one attached hydrogen (secondary N) is 1. The SMILES string of the molecule is NCC(N)NC(CCCCP(=O)(O)O)P(=O)(O)O. The van der Waals surface area contributed by atoms with Crippen LogP contribution in [0.2, 0.25) is 0 Å². The largest absolute Gasteiger partial charge is 0.342 e. The molecule has 110 valence electrons. The lowest BCUT2D eigenvalue weighted by molar-refractivity contribution is 0.329. The first-order valence-corrected chi connectivity index (χ1v) is 8.85. The molecule has 0 rings (SSSR count). The third kappa shape index (κ3) is 9.16. The molecule has 2 unspecified atom stereocenters. The minimum absolute atomic E-state index is 0.0268. The molecule has 0 bridgehead atoms. The second-order valence-electron chi connectivity index (χ2n) is 4.00. The molecule has 11 heteroatoms. The van der Waals surface area contributed by atoms with Crippen LogP contribution in [0.5, 0.6) is 0 Å². The first kappa shape index (κ1) is 18.2. The van der Waals surface area contributed by atoms with Crippen LogP contribution in [0.25, 0.3) is 0 Å². The maximum atomic E-state index is 11.2. The van der Waals surface area contributed by atoms with E-state index in [0.29, 0.717) is 0 Å². The molecule has 0 saturated carbocycles. The zero-order chi connectivity index (χ0) is 14.4. The Hall–Kier alpha value is 0.180. The highest BCUT2D eigenvalue weighted by molar-refractivity contribution is 7.52. The summed E-state index contributed by atoms with van der Waals surface area (Å²) in [5.41, 5.74) is 10.7. The average molecular weight is 305 g/mol. The maximum absolute atomic E-state index is 11.2. The molecule has 0 aromatic carbocycles. The fourth-order valence-corrected chi connectivity index (χ4v) is 2.86. The van der Waals surface area contributed by atoms with Gasteiger partial charge in [0.05, 0.1) is 6.17 Å². The Morgan fingerprint density at radius 1 is 1.11 bits per heavy atom. The molecule has 0 fully saturated rings. The van der Waals surface area contributed by atoms with Crippen molar-refractivity contribution in [1.82, 2.24) is 5.32 Å². The number of hydrogen-bond acceptors (Lipinski definition) is 5. The average Bonchev–Trinajstić information content (AvgIpc) is 2.19. The predicted molar refractivity (Wildman–Crippen MR) is 66.8 cm³/mol. The van der Waals surface area contributed by atoms with Crippen molar-refractivity contribution < 1.29 is 28.7 Å². The Bertz CT molecular complexity index is 329. The number of rotatable bonds is 9. The van der Waals surface area contributed by atoms with E-state index in [-0.39, 0.29) is 32.0 Å². The number of nitrogens with two attached hydrogens (primary N) is 2. The Morgan fingerprint density at radius 2 is 1.67 bits per heavy atom. The lowest BCUT2D eigenvalue weighted by Crippen LogP contribution is -2.48. The standard InChI is InChI=1S/C7H21N3O6P2/c8-5-6(9)10-7(18(14,15)16)3-1-2-4-17(11,12)13/h6-7,10H,1-5,8-9H2,(H2,11,12,13)(H2,14,15,16). The molecular formula is C7H21N3O6P2. The van der Waals surface area contributed by atoms with Crippen molar-refractivity contribution in [3.8, 4) is 0 Å². The molecule has 0 amide bonds. The Morgan fingerprint density at radius 3 is 2.06 bits per heavy atom. The first-order valence-electron chi connectivity index (χ1n) is 5.38. The van der Waals surface area contributed by atoms with E-state index in [4.69, 9.17) is 31.0 Å². The van der Waals surface area contributed by atoms with Crippen LogP contribution in [0.3, 0.4) is 0 Å². The summed E-state index contributed by atoms with van der Waals surface area (Å²) < 4.78 is 21.7. The molecule has 0 aromatic heterocycles. The van der Waals surface area contributed by atoms with E-state index in [2.05, 4.69) is 5.32 Å². The highest BCUT2D eigenvalue weighted by atomic mass is 31.2. The quantitative estimate of drug-likeness (QED) is 0.154. The second-order valence-corrected chi connectivity index (χ2v) is 7.58. The van der Waals surface area contributed by atoms with Gasteiger partial charge in [0, 0.05) is 12.7 Å². The van der Waals surface area contributed by atoms with Crippen molar-refractivity contribution in [2.45, 2.75) is 31.2 Å². The van der Waals surface area contributed by atoms with Gasteiger partial charge in [-0.1, -0.05) is 6.42 Å². The van der Waals surface area contributed by atoms with Gasteiger partial charge in [0.1, 0.15) is 5.78 Å². The molecule has 18 heavy (non-hydrogen) atoms. The molecule has 2 atom stereocenters. The lowest BCUT2D eigenvalue weighted by Gasteiger charge is -2.23. The van der Waals surface area contributed by atoms with Crippen LogP contribution in [-0.2, 0) is 9.13 Å².